The minimum absolute atomic E-state index is 0.282. The van der Waals surface area contributed by atoms with Crippen LogP contribution in [0.4, 0.5) is 0 Å². The maximum absolute atomic E-state index is 10.0. The highest BCUT2D eigenvalue weighted by atomic mass is 16.3. The number of allylic oxidation sites excluding steroid dienone is 1. The van der Waals surface area contributed by atoms with Crippen LogP contribution >= 0.6 is 0 Å². The molecule has 0 aliphatic carbocycles. The number of aromatic hydroxyl groups is 1. The number of hydrogen-bond acceptors (Lipinski definition) is 2. The number of aryl methyl sites for hydroxylation is 1. The maximum atomic E-state index is 10.0. The van der Waals surface area contributed by atoms with E-state index in [1.54, 1.807) is 12.2 Å². The van der Waals surface area contributed by atoms with E-state index in [-0.39, 0.29) is 5.75 Å². The van der Waals surface area contributed by atoms with Crippen LogP contribution < -0.4 is 0 Å². The van der Waals surface area contributed by atoms with E-state index < -0.39 is 0 Å². The number of rotatable bonds is 3. The average Bonchev–Trinajstić information content (AvgIpc) is 2.13. The lowest BCUT2D eigenvalue weighted by atomic mass is 10.1. The summed E-state index contributed by atoms with van der Waals surface area (Å²) in [5.74, 6) is 0.282. The molecule has 0 amide bonds. The molecular formula is C11H12O2. The molecule has 0 unspecified atom stereocenters. The Morgan fingerprint density at radius 2 is 2.23 bits per heavy atom. The molecule has 0 aliphatic heterocycles. The van der Waals surface area contributed by atoms with Crippen LogP contribution in [0.1, 0.15) is 17.5 Å². The van der Waals surface area contributed by atoms with Gasteiger partial charge in [0.05, 0.1) is 0 Å². The average molecular weight is 176 g/mol. The van der Waals surface area contributed by atoms with E-state index >= 15 is 0 Å². The van der Waals surface area contributed by atoms with Crippen LogP contribution in [0, 0.1) is 6.92 Å². The molecule has 0 spiro atoms. The number of benzene rings is 1. The second-order valence-corrected chi connectivity index (χ2v) is 2.82. The van der Waals surface area contributed by atoms with Gasteiger partial charge in [0.15, 0.2) is 0 Å². The molecule has 0 fully saturated rings. The van der Waals surface area contributed by atoms with E-state index in [0.717, 1.165) is 17.4 Å². The molecule has 0 bridgehead atoms. The van der Waals surface area contributed by atoms with Gasteiger partial charge in [-0.05, 0) is 12.5 Å². The van der Waals surface area contributed by atoms with Gasteiger partial charge < -0.3 is 9.90 Å². The minimum atomic E-state index is 0.282. The molecule has 2 heteroatoms. The zero-order valence-electron chi connectivity index (χ0n) is 7.53. The second kappa shape index (κ2) is 4.45. The highest BCUT2D eigenvalue weighted by Gasteiger charge is 1.98. The summed E-state index contributed by atoms with van der Waals surface area (Å²) >= 11 is 0. The first-order valence-electron chi connectivity index (χ1n) is 4.14. The Labute approximate surface area is 77.5 Å². The first kappa shape index (κ1) is 9.52. The van der Waals surface area contributed by atoms with Crippen LogP contribution in [0.2, 0.25) is 0 Å². The number of aldehydes is 1. The molecule has 0 atom stereocenters. The Morgan fingerprint density at radius 1 is 1.46 bits per heavy atom. The van der Waals surface area contributed by atoms with Crippen LogP contribution in [0.3, 0.4) is 0 Å². The number of hydrogen-bond donors (Lipinski definition) is 1. The fourth-order valence-electron chi connectivity index (χ4n) is 1.07. The SMILES string of the molecule is Cc1cccc(C=CCC=O)c1O. The number of phenols is 1. The van der Waals surface area contributed by atoms with Gasteiger partial charge >= 0.3 is 0 Å². The smallest absolute Gasteiger partial charge is 0.125 e. The van der Waals surface area contributed by atoms with Crippen molar-refractivity contribution in [3.05, 3.63) is 35.4 Å². The van der Waals surface area contributed by atoms with E-state index in [4.69, 9.17) is 0 Å². The van der Waals surface area contributed by atoms with Gasteiger partial charge in [-0.1, -0.05) is 30.4 Å². The van der Waals surface area contributed by atoms with Crippen LogP contribution in [0.5, 0.6) is 5.75 Å². The van der Waals surface area contributed by atoms with Crippen molar-refractivity contribution < 1.29 is 9.90 Å². The van der Waals surface area contributed by atoms with Crippen LogP contribution in [0.15, 0.2) is 24.3 Å². The molecule has 1 rings (SSSR count). The van der Waals surface area contributed by atoms with E-state index in [9.17, 15) is 9.90 Å². The summed E-state index contributed by atoms with van der Waals surface area (Å²) in [6.45, 7) is 1.84. The highest BCUT2D eigenvalue weighted by Crippen LogP contribution is 2.22. The van der Waals surface area contributed by atoms with E-state index in [1.807, 2.05) is 25.1 Å². The molecule has 0 heterocycles. The molecular weight excluding hydrogens is 164 g/mol. The number of phenolic OH excluding ortho intramolecular Hbond substituents is 1. The Balaban J connectivity index is 2.88. The second-order valence-electron chi connectivity index (χ2n) is 2.82. The van der Waals surface area contributed by atoms with E-state index in [2.05, 4.69) is 0 Å². The molecule has 2 nitrogen and oxygen atoms in total. The summed E-state index contributed by atoms with van der Waals surface area (Å²) in [4.78, 5) is 10.0. The molecule has 0 aromatic heterocycles. The van der Waals surface area contributed by atoms with Crippen molar-refractivity contribution in [2.45, 2.75) is 13.3 Å². The molecule has 1 aromatic rings. The van der Waals surface area contributed by atoms with Crippen LogP contribution in [-0.4, -0.2) is 11.4 Å². The van der Waals surface area contributed by atoms with E-state index in [1.165, 1.54) is 0 Å². The Bertz CT molecular complexity index is 327. The van der Waals surface area contributed by atoms with Crippen molar-refractivity contribution in [3.8, 4) is 5.75 Å². The summed E-state index contributed by atoms with van der Waals surface area (Å²) in [7, 11) is 0. The topological polar surface area (TPSA) is 37.3 Å². The van der Waals surface area contributed by atoms with Crippen molar-refractivity contribution in [2.24, 2.45) is 0 Å². The summed E-state index contributed by atoms with van der Waals surface area (Å²) in [6, 6.07) is 5.52. The molecule has 1 N–H and O–H groups in total. The van der Waals surface area contributed by atoms with Gasteiger partial charge in [0, 0.05) is 12.0 Å². The van der Waals surface area contributed by atoms with Crippen molar-refractivity contribution in [3.63, 3.8) is 0 Å². The Hall–Kier alpha value is -1.57. The third kappa shape index (κ3) is 2.44. The van der Waals surface area contributed by atoms with Gasteiger partial charge in [0.25, 0.3) is 0 Å². The summed E-state index contributed by atoms with van der Waals surface area (Å²) in [5, 5.41) is 9.56. The monoisotopic (exact) mass is 176 g/mol. The number of para-hydroxylation sites is 1. The molecule has 1 aromatic carbocycles. The highest BCUT2D eigenvalue weighted by molar-refractivity contribution is 5.62. The Morgan fingerprint density at radius 3 is 2.92 bits per heavy atom. The molecule has 0 saturated heterocycles. The Kier molecular flexibility index (Phi) is 3.26. The normalized spacial score (nSPS) is 10.5. The lowest BCUT2D eigenvalue weighted by Gasteiger charge is -2.01. The lowest BCUT2D eigenvalue weighted by molar-refractivity contribution is -0.107. The standard InChI is InChI=1S/C11H12O2/c1-9-5-4-7-10(11(9)13)6-2-3-8-12/h2,4-8,13H,3H2,1H3. The van der Waals surface area contributed by atoms with Gasteiger partial charge in [-0.15, -0.1) is 0 Å². The molecule has 0 radical (unpaired) electrons. The molecule has 13 heavy (non-hydrogen) atoms. The summed E-state index contributed by atoms with van der Waals surface area (Å²) in [5.41, 5.74) is 1.59. The third-order valence-corrected chi connectivity index (χ3v) is 1.80. The van der Waals surface area contributed by atoms with Crippen molar-refractivity contribution in [1.29, 1.82) is 0 Å². The van der Waals surface area contributed by atoms with Crippen LogP contribution in [0.25, 0.3) is 6.08 Å². The summed E-state index contributed by atoms with van der Waals surface area (Å²) < 4.78 is 0. The quantitative estimate of drug-likeness (QED) is 0.717. The first-order chi connectivity index (χ1) is 6.25. The zero-order chi connectivity index (χ0) is 9.68. The van der Waals surface area contributed by atoms with Gasteiger partial charge in [-0.25, -0.2) is 0 Å². The predicted octanol–water partition coefficient (Wildman–Crippen LogP) is 2.30. The third-order valence-electron chi connectivity index (χ3n) is 1.80. The van der Waals surface area contributed by atoms with Crippen molar-refractivity contribution >= 4 is 12.4 Å². The number of carbonyl (C=O) groups is 1. The van der Waals surface area contributed by atoms with Gasteiger partial charge in [-0.2, -0.15) is 0 Å². The largest absolute Gasteiger partial charge is 0.507 e. The van der Waals surface area contributed by atoms with Gasteiger partial charge in [0.2, 0.25) is 0 Å². The molecule has 0 saturated carbocycles. The van der Waals surface area contributed by atoms with Gasteiger partial charge in [0.1, 0.15) is 12.0 Å². The first-order valence-corrected chi connectivity index (χ1v) is 4.14. The summed E-state index contributed by atoms with van der Waals surface area (Å²) in [6.07, 6.45) is 4.68. The maximum Gasteiger partial charge on any atom is 0.125 e. The van der Waals surface area contributed by atoms with Gasteiger partial charge in [-0.3, -0.25) is 0 Å². The minimum Gasteiger partial charge on any atom is -0.507 e. The van der Waals surface area contributed by atoms with Crippen LogP contribution in [-0.2, 0) is 4.79 Å². The molecule has 0 aliphatic rings. The molecule has 68 valence electrons. The fourth-order valence-corrected chi connectivity index (χ4v) is 1.07. The van der Waals surface area contributed by atoms with E-state index in [0.29, 0.717) is 6.42 Å². The fraction of sp³-hybridized carbons (Fsp3) is 0.182. The lowest BCUT2D eigenvalue weighted by Crippen LogP contribution is -1.78. The zero-order valence-corrected chi connectivity index (χ0v) is 7.53. The predicted molar refractivity (Wildman–Crippen MR) is 52.6 cm³/mol. The van der Waals surface area contributed by atoms with Crippen molar-refractivity contribution in [2.75, 3.05) is 0 Å². The van der Waals surface area contributed by atoms with Crippen molar-refractivity contribution in [1.82, 2.24) is 0 Å². The number of carbonyl (C=O) groups excluding carboxylic acids is 1.